The van der Waals surface area contributed by atoms with Crippen molar-refractivity contribution in [2.24, 2.45) is 4.99 Å². The van der Waals surface area contributed by atoms with Crippen LogP contribution in [0, 0.1) is 0 Å². The number of benzene rings is 1. The van der Waals surface area contributed by atoms with Crippen molar-refractivity contribution in [3.63, 3.8) is 0 Å². The van der Waals surface area contributed by atoms with Crippen molar-refractivity contribution in [2.45, 2.75) is 13.3 Å². The van der Waals surface area contributed by atoms with Gasteiger partial charge in [-0.2, -0.15) is 0 Å². The van der Waals surface area contributed by atoms with Crippen LogP contribution in [0.25, 0.3) is 0 Å². The summed E-state index contributed by atoms with van der Waals surface area (Å²) in [7, 11) is 0. The summed E-state index contributed by atoms with van der Waals surface area (Å²) in [6.07, 6.45) is 0.919. The number of nitrogens with one attached hydrogen (secondary N) is 1. The maximum absolute atomic E-state index is 5.73. The monoisotopic (exact) mass is 249 g/mol. The van der Waals surface area contributed by atoms with Gasteiger partial charge in [-0.05, 0) is 31.5 Å². The van der Waals surface area contributed by atoms with Gasteiger partial charge < -0.3 is 20.5 Å². The van der Waals surface area contributed by atoms with E-state index < -0.39 is 0 Å². The lowest BCUT2D eigenvalue weighted by atomic mass is 10.2. The molecular weight excluding hydrogens is 230 g/mol. The maximum Gasteiger partial charge on any atom is 0.145 e. The maximum atomic E-state index is 5.73. The van der Waals surface area contributed by atoms with E-state index in [-0.39, 0.29) is 0 Å². The summed E-state index contributed by atoms with van der Waals surface area (Å²) in [5.74, 6) is 1.65. The van der Waals surface area contributed by atoms with Crippen LogP contribution >= 0.6 is 0 Å². The third-order valence-corrected chi connectivity index (χ3v) is 2.60. The third-order valence-electron chi connectivity index (χ3n) is 2.60. The van der Waals surface area contributed by atoms with Crippen molar-refractivity contribution < 1.29 is 9.47 Å². The lowest BCUT2D eigenvalue weighted by Gasteiger charge is -2.21. The molecule has 0 spiro atoms. The number of hydrogen-bond donors (Lipinski definition) is 2. The molecule has 1 aromatic carbocycles. The molecule has 0 radical (unpaired) electrons. The summed E-state index contributed by atoms with van der Waals surface area (Å²) in [4.78, 5) is 4.44. The van der Waals surface area contributed by atoms with Crippen LogP contribution in [-0.4, -0.2) is 32.2 Å². The molecule has 0 saturated heterocycles. The van der Waals surface area contributed by atoms with Crippen molar-refractivity contribution in [1.29, 1.82) is 0 Å². The van der Waals surface area contributed by atoms with Crippen molar-refractivity contribution in [3.05, 3.63) is 18.2 Å². The van der Waals surface area contributed by atoms with Gasteiger partial charge in [-0.15, -0.1) is 0 Å². The van der Waals surface area contributed by atoms with Gasteiger partial charge in [0.1, 0.15) is 18.2 Å². The van der Waals surface area contributed by atoms with E-state index >= 15 is 0 Å². The zero-order chi connectivity index (χ0) is 12.8. The molecule has 1 aliphatic heterocycles. The number of amidine groups is 1. The average molecular weight is 249 g/mol. The van der Waals surface area contributed by atoms with Gasteiger partial charge in [0.05, 0.1) is 5.69 Å². The highest BCUT2D eigenvalue weighted by molar-refractivity contribution is 5.99. The molecule has 3 N–H and O–H groups in total. The van der Waals surface area contributed by atoms with E-state index in [1.165, 1.54) is 0 Å². The quantitative estimate of drug-likeness (QED) is 0.617. The fourth-order valence-corrected chi connectivity index (χ4v) is 1.72. The number of anilines is 2. The zero-order valence-electron chi connectivity index (χ0n) is 10.6. The molecule has 0 aromatic heterocycles. The Hall–Kier alpha value is -1.75. The molecule has 5 heteroatoms. The number of fused-ring (bicyclic) bond motifs is 1. The second kappa shape index (κ2) is 6.26. The second-order valence-electron chi connectivity index (χ2n) is 4.05. The number of hydrogen-bond acceptors (Lipinski definition) is 4. The van der Waals surface area contributed by atoms with Crippen LogP contribution in [0.2, 0.25) is 0 Å². The minimum atomic E-state index is 0.478. The van der Waals surface area contributed by atoms with E-state index in [0.717, 1.165) is 43.5 Å². The Morgan fingerprint density at radius 2 is 2.39 bits per heavy atom. The van der Waals surface area contributed by atoms with Crippen LogP contribution < -0.4 is 15.8 Å². The van der Waals surface area contributed by atoms with Crippen molar-refractivity contribution in [3.8, 4) is 5.75 Å². The van der Waals surface area contributed by atoms with Gasteiger partial charge in [-0.25, -0.2) is 0 Å². The van der Waals surface area contributed by atoms with Gasteiger partial charge in [-0.3, -0.25) is 4.99 Å². The van der Waals surface area contributed by atoms with Crippen molar-refractivity contribution in [1.82, 2.24) is 0 Å². The summed E-state index contributed by atoms with van der Waals surface area (Å²) in [5.41, 5.74) is 7.32. The Kier molecular flexibility index (Phi) is 4.41. The van der Waals surface area contributed by atoms with Gasteiger partial charge in [0.2, 0.25) is 0 Å². The molecule has 1 heterocycles. The van der Waals surface area contributed by atoms with E-state index in [1.807, 2.05) is 25.1 Å². The fourth-order valence-electron chi connectivity index (χ4n) is 1.72. The van der Waals surface area contributed by atoms with Crippen LogP contribution in [0.4, 0.5) is 11.4 Å². The Labute approximate surface area is 107 Å². The first-order valence-electron chi connectivity index (χ1n) is 6.20. The number of rotatable bonds is 5. The number of ether oxygens (including phenoxy) is 2. The summed E-state index contributed by atoms with van der Waals surface area (Å²) in [5, 5.41) is 3.23. The first-order valence-corrected chi connectivity index (χ1v) is 6.20. The molecule has 18 heavy (non-hydrogen) atoms. The molecule has 0 unspecified atom stereocenters. The number of aliphatic imine (C=N–C) groups is 1. The topological polar surface area (TPSA) is 68.9 Å². The van der Waals surface area contributed by atoms with Crippen LogP contribution in [0.5, 0.6) is 5.75 Å². The number of nitrogens with zero attached hydrogens (tertiary/aromatic N) is 1. The Morgan fingerprint density at radius 3 is 3.22 bits per heavy atom. The molecular formula is C13H19N3O2. The molecule has 0 aliphatic carbocycles. The molecule has 2 rings (SSSR count). The summed E-state index contributed by atoms with van der Waals surface area (Å²) >= 11 is 0. The smallest absolute Gasteiger partial charge is 0.145 e. The zero-order valence-corrected chi connectivity index (χ0v) is 10.6. The van der Waals surface area contributed by atoms with Crippen LogP contribution in [-0.2, 0) is 4.74 Å². The Balaban J connectivity index is 1.88. The van der Waals surface area contributed by atoms with E-state index in [1.54, 1.807) is 0 Å². The van der Waals surface area contributed by atoms with Crippen molar-refractivity contribution in [2.75, 3.05) is 37.4 Å². The van der Waals surface area contributed by atoms with Gasteiger partial charge in [0.25, 0.3) is 0 Å². The molecule has 0 saturated carbocycles. The lowest BCUT2D eigenvalue weighted by Crippen LogP contribution is -2.26. The normalized spacial score (nSPS) is 15.9. The average Bonchev–Trinajstić information content (AvgIpc) is 2.38. The Bertz CT molecular complexity index is 432. The summed E-state index contributed by atoms with van der Waals surface area (Å²) < 4.78 is 10.8. The molecule has 5 nitrogen and oxygen atoms in total. The highest BCUT2D eigenvalue weighted by Crippen LogP contribution is 2.29. The SMILES string of the molecule is CCOCCCN=C1COc2ccc(N)cc2N1. The number of nitrogens with two attached hydrogens (primary N) is 1. The Morgan fingerprint density at radius 1 is 1.50 bits per heavy atom. The lowest BCUT2D eigenvalue weighted by molar-refractivity contribution is 0.146. The molecule has 0 atom stereocenters. The highest BCUT2D eigenvalue weighted by Gasteiger charge is 2.13. The fraction of sp³-hybridized carbons (Fsp3) is 0.462. The molecule has 98 valence electrons. The third kappa shape index (κ3) is 3.37. The second-order valence-corrected chi connectivity index (χ2v) is 4.05. The van der Waals surface area contributed by atoms with Gasteiger partial charge >= 0.3 is 0 Å². The van der Waals surface area contributed by atoms with Crippen LogP contribution in [0.3, 0.4) is 0 Å². The first-order chi connectivity index (χ1) is 8.79. The van der Waals surface area contributed by atoms with Gasteiger partial charge in [0.15, 0.2) is 0 Å². The van der Waals surface area contributed by atoms with E-state index in [4.69, 9.17) is 15.2 Å². The van der Waals surface area contributed by atoms with Gasteiger partial charge in [0, 0.05) is 25.4 Å². The van der Waals surface area contributed by atoms with Crippen molar-refractivity contribution >= 4 is 17.2 Å². The minimum Gasteiger partial charge on any atom is -0.484 e. The predicted molar refractivity (Wildman–Crippen MR) is 73.4 cm³/mol. The molecule has 0 amide bonds. The number of nitrogen functional groups attached to an aromatic ring is 1. The highest BCUT2D eigenvalue weighted by atomic mass is 16.5. The first kappa shape index (κ1) is 12.7. The van der Waals surface area contributed by atoms with Crippen LogP contribution in [0.15, 0.2) is 23.2 Å². The standard InChI is InChI=1S/C13H19N3O2/c1-2-17-7-3-6-15-13-9-18-12-5-4-10(14)8-11(12)16-13/h4-5,8H,2-3,6-7,9,14H2,1H3,(H,15,16). The van der Waals surface area contributed by atoms with Gasteiger partial charge in [-0.1, -0.05) is 0 Å². The van der Waals surface area contributed by atoms with E-state index in [9.17, 15) is 0 Å². The van der Waals surface area contributed by atoms with Crippen LogP contribution in [0.1, 0.15) is 13.3 Å². The predicted octanol–water partition coefficient (Wildman–Crippen LogP) is 1.90. The van der Waals surface area contributed by atoms with E-state index in [0.29, 0.717) is 12.3 Å². The largest absolute Gasteiger partial charge is 0.484 e. The summed E-state index contributed by atoms with van der Waals surface area (Å²) in [6, 6.07) is 5.54. The molecule has 0 fully saturated rings. The minimum absolute atomic E-state index is 0.478. The molecule has 0 bridgehead atoms. The van der Waals surface area contributed by atoms with E-state index in [2.05, 4.69) is 10.3 Å². The molecule has 1 aliphatic rings. The summed E-state index contributed by atoms with van der Waals surface area (Å²) in [6.45, 7) is 4.71. The molecule has 1 aromatic rings.